The molecule has 0 radical (unpaired) electrons. The Hall–Kier alpha value is -1.60. The number of aryl methyl sites for hydroxylation is 1. The van der Waals surface area contributed by atoms with Gasteiger partial charge in [0.25, 0.3) is 5.91 Å². The van der Waals surface area contributed by atoms with Gasteiger partial charge in [0.1, 0.15) is 17.6 Å². The van der Waals surface area contributed by atoms with Crippen molar-refractivity contribution in [1.29, 1.82) is 0 Å². The molecule has 3 N–H and O–H groups in total. The van der Waals surface area contributed by atoms with Crippen LogP contribution < -0.4 is 11.1 Å². The van der Waals surface area contributed by atoms with Gasteiger partial charge in [-0.2, -0.15) is 13.2 Å². The number of alkyl halides is 3. The van der Waals surface area contributed by atoms with E-state index in [9.17, 15) is 18.0 Å². The van der Waals surface area contributed by atoms with Crippen LogP contribution in [0.25, 0.3) is 22.0 Å². The molecule has 3 rings (SSSR count). The van der Waals surface area contributed by atoms with Gasteiger partial charge in [-0.25, -0.2) is 9.97 Å². The van der Waals surface area contributed by atoms with Crippen LogP contribution in [0, 0.1) is 3.70 Å². The van der Waals surface area contributed by atoms with E-state index in [1.165, 1.54) is 12.3 Å². The molecule has 0 aliphatic heterocycles. The first-order valence-corrected chi connectivity index (χ1v) is 10.3. The maximum Gasteiger partial charge on any atom is 0.408 e. The molecule has 3 aromatic heterocycles. The first kappa shape index (κ1) is 22.1. The first-order chi connectivity index (χ1) is 13.4. The van der Waals surface area contributed by atoms with E-state index in [1.807, 2.05) is 16.9 Å². The minimum atomic E-state index is -4.57. The molecule has 3 heterocycles. The predicted octanol–water partition coefficient (Wildman–Crippen LogP) is 4.92. The lowest BCUT2D eigenvalue weighted by molar-refractivity contribution is -0.149. The van der Waals surface area contributed by atoms with Crippen LogP contribution in [0.5, 0.6) is 0 Å². The molecule has 0 fully saturated rings. The van der Waals surface area contributed by atoms with E-state index in [0.29, 0.717) is 22.3 Å². The van der Waals surface area contributed by atoms with Crippen LogP contribution in [0.15, 0.2) is 22.9 Å². The molecular formula is C17H13BrClF3IN5O. The third-order valence-corrected chi connectivity index (χ3v) is 6.44. The lowest BCUT2D eigenvalue weighted by atomic mass is 10.1. The van der Waals surface area contributed by atoms with Gasteiger partial charge in [-0.05, 0) is 51.5 Å². The molecule has 0 aliphatic rings. The van der Waals surface area contributed by atoms with Gasteiger partial charge < -0.3 is 15.6 Å². The number of halogens is 6. The number of amides is 1. The molecule has 1 amide bonds. The lowest BCUT2D eigenvalue weighted by Gasteiger charge is -2.17. The Labute approximate surface area is 190 Å². The van der Waals surface area contributed by atoms with Gasteiger partial charge >= 0.3 is 6.18 Å². The molecule has 0 bridgehead atoms. The summed E-state index contributed by atoms with van der Waals surface area (Å²) in [7, 11) is 1.85. The first-order valence-electron chi connectivity index (χ1n) is 8.04. The van der Waals surface area contributed by atoms with Crippen LogP contribution >= 0.6 is 50.1 Å². The van der Waals surface area contributed by atoms with E-state index < -0.39 is 18.1 Å². The number of hydrogen-bond acceptors (Lipinski definition) is 4. The van der Waals surface area contributed by atoms with Crippen molar-refractivity contribution in [3.05, 3.63) is 37.3 Å². The molecular weight excluding hydrogens is 589 g/mol. The highest BCUT2D eigenvalue weighted by Gasteiger charge is 2.37. The van der Waals surface area contributed by atoms with E-state index in [2.05, 4.69) is 48.5 Å². The second-order valence-electron chi connectivity index (χ2n) is 6.23. The molecule has 0 saturated heterocycles. The van der Waals surface area contributed by atoms with Gasteiger partial charge in [0.05, 0.1) is 24.1 Å². The fraction of sp³-hybridized carbons (Fsp3) is 0.235. The van der Waals surface area contributed by atoms with E-state index >= 15 is 0 Å². The smallest absolute Gasteiger partial charge is 0.383 e. The van der Waals surface area contributed by atoms with E-state index in [1.54, 1.807) is 6.20 Å². The number of nitrogen functional groups attached to an aromatic ring is 1. The van der Waals surface area contributed by atoms with Crippen molar-refractivity contribution in [1.82, 2.24) is 19.9 Å². The summed E-state index contributed by atoms with van der Waals surface area (Å²) in [6.45, 7) is 0.840. The normalized spacial score (nSPS) is 13.0. The fourth-order valence-corrected chi connectivity index (χ4v) is 4.43. The van der Waals surface area contributed by atoms with Gasteiger partial charge in [0.2, 0.25) is 0 Å². The van der Waals surface area contributed by atoms with Gasteiger partial charge in [-0.3, -0.25) is 4.79 Å². The van der Waals surface area contributed by atoms with Crippen molar-refractivity contribution in [3.8, 4) is 11.1 Å². The van der Waals surface area contributed by atoms with E-state index in [-0.39, 0.29) is 10.7 Å². The molecule has 0 saturated carbocycles. The van der Waals surface area contributed by atoms with Crippen LogP contribution in [0.1, 0.15) is 17.4 Å². The zero-order valence-corrected chi connectivity index (χ0v) is 19.4. The van der Waals surface area contributed by atoms with Crippen molar-refractivity contribution in [3.63, 3.8) is 0 Å². The second kappa shape index (κ2) is 7.91. The Morgan fingerprint density at radius 3 is 2.62 bits per heavy atom. The van der Waals surface area contributed by atoms with Crippen LogP contribution in [0.2, 0.25) is 5.02 Å². The molecule has 0 aliphatic carbocycles. The van der Waals surface area contributed by atoms with Gasteiger partial charge in [0, 0.05) is 30.6 Å². The van der Waals surface area contributed by atoms with Gasteiger partial charge in [-0.15, -0.1) is 0 Å². The van der Waals surface area contributed by atoms with Crippen molar-refractivity contribution in [2.45, 2.75) is 19.1 Å². The number of fused-ring (bicyclic) bond motifs is 1. The van der Waals surface area contributed by atoms with Crippen LogP contribution in [0.4, 0.5) is 19.0 Å². The molecule has 0 aromatic carbocycles. The topological polar surface area (TPSA) is 85.8 Å². The Morgan fingerprint density at radius 1 is 1.38 bits per heavy atom. The number of nitrogens with two attached hydrogens (primary N) is 1. The van der Waals surface area contributed by atoms with Crippen LogP contribution in [0.3, 0.4) is 0 Å². The molecule has 12 heteroatoms. The number of carbonyl (C=O) groups excluding carboxylic acids is 1. The Balaban J connectivity index is 2.07. The van der Waals surface area contributed by atoms with E-state index in [4.69, 9.17) is 17.3 Å². The number of nitrogens with zero attached hydrogens (tertiary/aromatic N) is 3. The highest BCUT2D eigenvalue weighted by molar-refractivity contribution is 14.1. The van der Waals surface area contributed by atoms with Crippen molar-refractivity contribution >= 4 is 72.7 Å². The number of anilines is 1. The van der Waals surface area contributed by atoms with Gasteiger partial charge in [0.15, 0.2) is 0 Å². The predicted molar refractivity (Wildman–Crippen MR) is 117 cm³/mol. The summed E-state index contributed by atoms with van der Waals surface area (Å²) < 4.78 is 41.5. The standard InChI is InChI=1S/C17H13BrClF3IN5O/c1-6(17(20,21)22)27-16(29)12-9(19)3-7(4-25-12)10-11-13(28(2)14(10)23)8(18)5-26-15(11)24/h3-6H,1-2H3,(H2,24,26)(H,27,29)/t6-/m0/s1. The lowest BCUT2D eigenvalue weighted by Crippen LogP contribution is -2.43. The highest BCUT2D eigenvalue weighted by atomic mass is 127. The highest BCUT2D eigenvalue weighted by Crippen LogP contribution is 2.41. The summed E-state index contributed by atoms with van der Waals surface area (Å²) >= 11 is 11.8. The minimum absolute atomic E-state index is 0.0799. The fourth-order valence-electron chi connectivity index (χ4n) is 2.79. The molecule has 0 spiro atoms. The number of carbonyl (C=O) groups is 1. The number of aromatic nitrogens is 3. The number of hydrogen-bond donors (Lipinski definition) is 2. The molecule has 1 atom stereocenters. The largest absolute Gasteiger partial charge is 0.408 e. The minimum Gasteiger partial charge on any atom is -0.383 e. The maximum atomic E-state index is 12.7. The number of nitrogens with one attached hydrogen (secondary N) is 1. The second-order valence-corrected chi connectivity index (χ2v) is 8.51. The third-order valence-electron chi connectivity index (χ3n) is 4.31. The van der Waals surface area contributed by atoms with Gasteiger partial charge in [-0.1, -0.05) is 11.6 Å². The van der Waals surface area contributed by atoms with Crippen molar-refractivity contribution in [2.24, 2.45) is 7.05 Å². The third kappa shape index (κ3) is 4.04. The summed E-state index contributed by atoms with van der Waals surface area (Å²) in [5.74, 6) is -0.712. The summed E-state index contributed by atoms with van der Waals surface area (Å²) in [6, 6.07) is -0.561. The average molecular weight is 603 g/mol. The Bertz CT molecular complexity index is 1130. The molecule has 29 heavy (non-hydrogen) atoms. The van der Waals surface area contributed by atoms with Crippen molar-refractivity contribution in [2.75, 3.05) is 5.73 Å². The summed E-state index contributed by atoms with van der Waals surface area (Å²) in [6.07, 6.45) is -1.60. The molecule has 154 valence electrons. The zero-order chi connectivity index (χ0) is 21.7. The van der Waals surface area contributed by atoms with Crippen LogP contribution in [-0.2, 0) is 7.05 Å². The number of pyridine rings is 2. The zero-order valence-electron chi connectivity index (χ0n) is 14.9. The van der Waals surface area contributed by atoms with E-state index in [0.717, 1.165) is 20.6 Å². The van der Waals surface area contributed by atoms with Crippen molar-refractivity contribution < 1.29 is 18.0 Å². The average Bonchev–Trinajstić information content (AvgIpc) is 2.89. The summed E-state index contributed by atoms with van der Waals surface area (Å²) in [5.41, 5.74) is 7.86. The van der Waals surface area contributed by atoms with Crippen LogP contribution in [-0.4, -0.2) is 32.7 Å². The quantitative estimate of drug-likeness (QED) is 0.417. The Kier molecular flexibility index (Phi) is 6.03. The maximum absolute atomic E-state index is 12.7. The molecule has 6 nitrogen and oxygen atoms in total. The monoisotopic (exact) mass is 601 g/mol. The summed E-state index contributed by atoms with van der Waals surface area (Å²) in [5, 5.41) is 2.44. The number of rotatable bonds is 3. The SMILES string of the molecule is C[C@H](NC(=O)c1ncc(-c2c(I)n(C)c3c(Br)cnc(N)c23)cc1Cl)C(F)(F)F. The molecule has 0 unspecified atom stereocenters. The summed E-state index contributed by atoms with van der Waals surface area (Å²) in [4.78, 5) is 20.3. The molecule has 3 aromatic rings. The Morgan fingerprint density at radius 2 is 2.03 bits per heavy atom.